The monoisotopic (exact) mass is 632 g/mol. The Hall–Kier alpha value is -5.24. The summed E-state index contributed by atoms with van der Waals surface area (Å²) in [6, 6.07) is 25.9. The van der Waals surface area contributed by atoms with E-state index in [-0.39, 0.29) is 24.4 Å². The van der Waals surface area contributed by atoms with Crippen molar-refractivity contribution < 1.29 is 27.9 Å². The predicted octanol–water partition coefficient (Wildman–Crippen LogP) is 7.98. The number of furan rings is 1. The van der Waals surface area contributed by atoms with Gasteiger partial charge < -0.3 is 19.8 Å². The van der Waals surface area contributed by atoms with Crippen LogP contribution in [0.1, 0.15) is 68.7 Å². The second kappa shape index (κ2) is 14.5. The number of ether oxygens (including phenoxy) is 1. The van der Waals surface area contributed by atoms with Gasteiger partial charge in [-0.2, -0.15) is 0 Å². The molecule has 1 saturated carbocycles. The van der Waals surface area contributed by atoms with Crippen LogP contribution in [0.5, 0.6) is 0 Å². The largest absolute Gasteiger partial charge is 0.462 e. The lowest BCUT2D eigenvalue weighted by Gasteiger charge is -2.25. The van der Waals surface area contributed by atoms with Crippen LogP contribution in [-0.4, -0.2) is 38.0 Å². The fourth-order valence-corrected chi connectivity index (χ4v) is 6.00. The minimum atomic E-state index is -0.393. The molecule has 0 unspecified atom stereocenters. The summed E-state index contributed by atoms with van der Waals surface area (Å²) < 4.78 is 25.6. The molecule has 2 amide bonds. The Bertz CT molecular complexity index is 1890. The summed E-state index contributed by atoms with van der Waals surface area (Å²) in [5.74, 6) is -0.215. The number of hydrogen-bond acceptors (Lipinski definition) is 5. The zero-order valence-electron chi connectivity index (χ0n) is 26.3. The number of rotatable bonds is 12. The lowest BCUT2D eigenvalue weighted by molar-refractivity contribution is 0.0500. The number of benzene rings is 4. The van der Waals surface area contributed by atoms with Gasteiger partial charge in [-0.25, -0.2) is 9.18 Å². The summed E-state index contributed by atoms with van der Waals surface area (Å²) in [5, 5.41) is 6.36. The topological polar surface area (TPSA) is 97.6 Å². The van der Waals surface area contributed by atoms with Crippen molar-refractivity contribution in [1.82, 2.24) is 10.6 Å². The fourth-order valence-electron chi connectivity index (χ4n) is 6.00. The molecule has 7 nitrogen and oxygen atoms in total. The highest BCUT2D eigenvalue weighted by atomic mass is 19.1. The number of aryl methyl sites for hydroxylation is 1. The number of carbonyl (C=O) groups excluding carboxylic acids is 3. The maximum Gasteiger partial charge on any atom is 0.338 e. The van der Waals surface area contributed by atoms with Gasteiger partial charge in [0.05, 0.1) is 17.7 Å². The Morgan fingerprint density at radius 2 is 1.64 bits per heavy atom. The predicted molar refractivity (Wildman–Crippen MR) is 180 cm³/mol. The zero-order valence-corrected chi connectivity index (χ0v) is 26.3. The first-order valence-electron chi connectivity index (χ1n) is 16.1. The Balaban J connectivity index is 1.34. The van der Waals surface area contributed by atoms with Crippen LogP contribution in [0.4, 0.5) is 4.39 Å². The molecule has 0 bridgehead atoms. The van der Waals surface area contributed by atoms with Gasteiger partial charge in [-0.1, -0.05) is 49.6 Å². The Kier molecular flexibility index (Phi) is 9.76. The summed E-state index contributed by atoms with van der Waals surface area (Å²) in [5.41, 5.74) is 4.97. The average Bonchev–Trinajstić information content (AvgIpc) is 3.46. The van der Waals surface area contributed by atoms with Crippen LogP contribution in [0.2, 0.25) is 0 Å². The van der Waals surface area contributed by atoms with Crippen molar-refractivity contribution in [3.8, 4) is 22.5 Å². The molecule has 6 rings (SSSR count). The molecule has 2 N–H and O–H groups in total. The minimum absolute atomic E-state index is 0.130. The molecule has 0 spiro atoms. The van der Waals surface area contributed by atoms with Crippen LogP contribution < -0.4 is 10.6 Å². The maximum atomic E-state index is 13.8. The van der Waals surface area contributed by atoms with Crippen molar-refractivity contribution in [2.24, 2.45) is 5.92 Å². The molecule has 240 valence electrons. The van der Waals surface area contributed by atoms with Crippen molar-refractivity contribution in [2.45, 2.75) is 38.5 Å². The van der Waals surface area contributed by atoms with Crippen LogP contribution >= 0.6 is 0 Å². The van der Waals surface area contributed by atoms with Gasteiger partial charge in [-0.3, -0.25) is 9.59 Å². The first-order chi connectivity index (χ1) is 22.9. The van der Waals surface area contributed by atoms with Crippen molar-refractivity contribution in [1.29, 1.82) is 0 Å². The van der Waals surface area contributed by atoms with E-state index in [0.717, 1.165) is 23.1 Å². The van der Waals surface area contributed by atoms with Gasteiger partial charge in [0.25, 0.3) is 11.8 Å². The summed E-state index contributed by atoms with van der Waals surface area (Å²) in [7, 11) is 1.55. The number of hydrogen-bond donors (Lipinski definition) is 2. The van der Waals surface area contributed by atoms with E-state index in [2.05, 4.69) is 10.6 Å². The molecule has 1 fully saturated rings. The van der Waals surface area contributed by atoms with Crippen LogP contribution in [0.15, 0.2) is 95.4 Å². The SMILES string of the molecule is CNC(=O)c1c(-c2ccc(F)cc2)oc2cc(CCCOC(=O)c3ccccc3)c(-c3cccc(C(=O)NCCC4CCC4)c3)cc12. The van der Waals surface area contributed by atoms with E-state index in [1.165, 1.54) is 31.4 Å². The van der Waals surface area contributed by atoms with Crippen molar-refractivity contribution in [2.75, 3.05) is 20.2 Å². The normalized spacial score (nSPS) is 12.8. The van der Waals surface area contributed by atoms with Gasteiger partial charge in [0, 0.05) is 30.1 Å². The number of amides is 2. The summed E-state index contributed by atoms with van der Waals surface area (Å²) in [6.07, 6.45) is 5.79. The molecule has 1 aromatic heterocycles. The third-order valence-corrected chi connectivity index (χ3v) is 8.81. The maximum absolute atomic E-state index is 13.8. The number of carbonyl (C=O) groups is 3. The van der Waals surface area contributed by atoms with Crippen molar-refractivity contribution >= 4 is 28.8 Å². The molecule has 1 aliphatic rings. The second-order valence-corrected chi connectivity index (χ2v) is 11.9. The molecule has 5 aromatic rings. The highest BCUT2D eigenvalue weighted by Crippen LogP contribution is 2.38. The van der Waals surface area contributed by atoms with Gasteiger partial charge in [0.2, 0.25) is 0 Å². The number of esters is 1. The molecule has 0 aliphatic heterocycles. The zero-order chi connectivity index (χ0) is 32.8. The molecular weight excluding hydrogens is 595 g/mol. The third kappa shape index (κ3) is 7.27. The lowest BCUT2D eigenvalue weighted by Crippen LogP contribution is -2.27. The van der Waals surface area contributed by atoms with E-state index >= 15 is 0 Å². The molecule has 0 saturated heterocycles. The van der Waals surface area contributed by atoms with Crippen LogP contribution in [-0.2, 0) is 11.2 Å². The molecule has 1 aliphatic carbocycles. The lowest BCUT2D eigenvalue weighted by atomic mass is 9.83. The average molecular weight is 633 g/mol. The number of fused-ring (bicyclic) bond motifs is 1. The summed E-state index contributed by atoms with van der Waals surface area (Å²) >= 11 is 0. The summed E-state index contributed by atoms with van der Waals surface area (Å²) in [4.78, 5) is 38.9. The molecule has 1 heterocycles. The van der Waals surface area contributed by atoms with E-state index in [9.17, 15) is 18.8 Å². The van der Waals surface area contributed by atoms with E-state index in [0.29, 0.717) is 64.3 Å². The van der Waals surface area contributed by atoms with E-state index < -0.39 is 5.82 Å². The number of halogens is 1. The quantitative estimate of drug-likeness (QED) is 0.107. The van der Waals surface area contributed by atoms with Gasteiger partial charge in [0.15, 0.2) is 0 Å². The third-order valence-electron chi connectivity index (χ3n) is 8.81. The van der Waals surface area contributed by atoms with Gasteiger partial charge >= 0.3 is 5.97 Å². The Morgan fingerprint density at radius 3 is 2.36 bits per heavy atom. The minimum Gasteiger partial charge on any atom is -0.462 e. The molecular formula is C39H37FN2O5. The molecule has 8 heteroatoms. The van der Waals surface area contributed by atoms with Gasteiger partial charge in [0.1, 0.15) is 17.2 Å². The summed E-state index contributed by atoms with van der Waals surface area (Å²) in [6.45, 7) is 0.848. The standard InChI is InChI=1S/C39H37FN2O5/c1-41-38(44)35-33-24-32(28-12-6-13-30(22-28)37(43)42-20-19-25-8-5-9-25)29(14-7-21-46-39(45)27-10-3-2-4-11-27)23-34(33)47-36(35)26-15-17-31(40)18-16-26/h2-4,6,10-13,15-18,22-25H,5,7-9,14,19-21H2,1H3,(H,41,44)(H,42,43). The molecule has 47 heavy (non-hydrogen) atoms. The highest BCUT2D eigenvalue weighted by Gasteiger charge is 2.24. The molecule has 4 aromatic carbocycles. The number of nitrogens with one attached hydrogen (secondary N) is 2. The first-order valence-corrected chi connectivity index (χ1v) is 16.1. The first kappa shape index (κ1) is 31.7. The van der Waals surface area contributed by atoms with Crippen molar-refractivity contribution in [3.05, 3.63) is 119 Å². The van der Waals surface area contributed by atoms with E-state index in [1.54, 1.807) is 49.5 Å². The molecule has 0 radical (unpaired) electrons. The Morgan fingerprint density at radius 1 is 0.872 bits per heavy atom. The van der Waals surface area contributed by atoms with Crippen molar-refractivity contribution in [3.63, 3.8) is 0 Å². The van der Waals surface area contributed by atoms with Gasteiger partial charge in [-0.05, 0) is 103 Å². The van der Waals surface area contributed by atoms with E-state index in [4.69, 9.17) is 9.15 Å². The van der Waals surface area contributed by atoms with Gasteiger partial charge in [-0.15, -0.1) is 0 Å². The smallest absolute Gasteiger partial charge is 0.338 e. The van der Waals surface area contributed by atoms with E-state index in [1.807, 2.05) is 36.4 Å². The second-order valence-electron chi connectivity index (χ2n) is 11.9. The van der Waals surface area contributed by atoms with Crippen LogP contribution in [0.3, 0.4) is 0 Å². The van der Waals surface area contributed by atoms with Crippen LogP contribution in [0.25, 0.3) is 33.4 Å². The highest BCUT2D eigenvalue weighted by molar-refractivity contribution is 6.12. The fraction of sp³-hybridized carbons (Fsp3) is 0.256. The van der Waals surface area contributed by atoms with Crippen LogP contribution in [0, 0.1) is 11.7 Å². The molecule has 0 atom stereocenters. The Labute approximate surface area is 273 Å².